The average molecular weight is 344 g/mol. The van der Waals surface area contributed by atoms with Crippen molar-refractivity contribution in [3.63, 3.8) is 0 Å². The number of halogens is 1. The maximum Gasteiger partial charge on any atom is 0.346 e. The maximum absolute atomic E-state index is 13.9. The molecule has 0 aromatic heterocycles. The van der Waals surface area contributed by atoms with E-state index >= 15 is 0 Å². The molecule has 4 heteroatoms. The number of carbonyl (C=O) groups is 1. The second kappa shape index (κ2) is 9.21. The lowest BCUT2D eigenvalue weighted by Gasteiger charge is -2.13. The minimum atomic E-state index is -1.60. The molecule has 0 fully saturated rings. The second-order valence-electron chi connectivity index (χ2n) is 6.11. The van der Waals surface area contributed by atoms with Crippen molar-refractivity contribution >= 4 is 5.97 Å². The lowest BCUT2D eigenvalue weighted by Crippen LogP contribution is -2.27. The molecule has 2 unspecified atom stereocenters. The maximum atomic E-state index is 13.9. The Bertz CT molecular complexity index is 665. The van der Waals surface area contributed by atoms with Gasteiger partial charge in [-0.15, -0.1) is 0 Å². The van der Waals surface area contributed by atoms with E-state index in [1.165, 1.54) is 0 Å². The molecule has 0 saturated carbocycles. The first-order chi connectivity index (χ1) is 12.0. The van der Waals surface area contributed by atoms with Crippen molar-refractivity contribution < 1.29 is 18.7 Å². The molecule has 0 aliphatic carbocycles. The third-order valence-corrected chi connectivity index (χ3v) is 4.10. The Hall–Kier alpha value is -2.36. The predicted octanol–water partition coefficient (Wildman–Crippen LogP) is 5.43. The van der Waals surface area contributed by atoms with Crippen molar-refractivity contribution in [1.82, 2.24) is 0 Å². The normalized spacial score (nSPS) is 13.1. The summed E-state index contributed by atoms with van der Waals surface area (Å²) >= 11 is 0. The molecule has 2 rings (SSSR count). The van der Waals surface area contributed by atoms with E-state index in [2.05, 4.69) is 6.92 Å². The van der Waals surface area contributed by atoms with Gasteiger partial charge in [0.05, 0.1) is 6.61 Å². The molecule has 0 N–H and O–H groups in total. The molecule has 134 valence electrons. The van der Waals surface area contributed by atoms with E-state index in [4.69, 9.17) is 9.47 Å². The molecule has 0 amide bonds. The molecule has 0 aliphatic heterocycles. The van der Waals surface area contributed by atoms with Gasteiger partial charge in [-0.2, -0.15) is 0 Å². The Morgan fingerprint density at radius 1 is 0.960 bits per heavy atom. The van der Waals surface area contributed by atoms with E-state index in [0.29, 0.717) is 18.8 Å². The fourth-order valence-electron chi connectivity index (χ4n) is 2.29. The summed E-state index contributed by atoms with van der Waals surface area (Å²) < 4.78 is 24.5. The summed E-state index contributed by atoms with van der Waals surface area (Å²) in [5.41, 5.74) is 2.02. The molecule has 2 aromatic carbocycles. The van der Waals surface area contributed by atoms with Crippen LogP contribution in [0.4, 0.5) is 4.39 Å². The van der Waals surface area contributed by atoms with Crippen LogP contribution in [0.2, 0.25) is 0 Å². The van der Waals surface area contributed by atoms with E-state index in [0.717, 1.165) is 23.3 Å². The molecule has 0 saturated heterocycles. The third-order valence-electron chi connectivity index (χ3n) is 4.10. The van der Waals surface area contributed by atoms with Gasteiger partial charge in [0.25, 0.3) is 0 Å². The highest BCUT2D eigenvalue weighted by atomic mass is 19.1. The number of alkyl halides is 1. The standard InChI is InChI=1S/C21H25FO3/c1-4-14-24-18-10-6-16(7-11-18)17-8-12-19(13-9-17)25-21(23)20(22)15(3)5-2/h6-13,15,20H,4-5,14H2,1-3H3. The summed E-state index contributed by atoms with van der Waals surface area (Å²) in [4.78, 5) is 11.8. The van der Waals surface area contributed by atoms with E-state index in [1.807, 2.05) is 43.3 Å². The van der Waals surface area contributed by atoms with Gasteiger partial charge in [-0.1, -0.05) is 51.5 Å². The van der Waals surface area contributed by atoms with Gasteiger partial charge in [0.15, 0.2) is 6.17 Å². The molecule has 0 spiro atoms. The highest BCUT2D eigenvalue weighted by Gasteiger charge is 2.25. The lowest BCUT2D eigenvalue weighted by molar-refractivity contribution is -0.141. The zero-order valence-electron chi connectivity index (χ0n) is 15.0. The lowest BCUT2D eigenvalue weighted by atomic mass is 10.0. The smallest absolute Gasteiger partial charge is 0.346 e. The van der Waals surface area contributed by atoms with Crippen LogP contribution >= 0.6 is 0 Å². The zero-order valence-corrected chi connectivity index (χ0v) is 15.0. The molecular formula is C21H25FO3. The van der Waals surface area contributed by atoms with Crippen LogP contribution in [0.1, 0.15) is 33.6 Å². The Morgan fingerprint density at radius 2 is 1.48 bits per heavy atom. The van der Waals surface area contributed by atoms with Gasteiger partial charge in [-0.3, -0.25) is 0 Å². The third kappa shape index (κ3) is 5.31. The topological polar surface area (TPSA) is 35.5 Å². The largest absolute Gasteiger partial charge is 0.494 e. The van der Waals surface area contributed by atoms with Crippen LogP contribution in [0.25, 0.3) is 11.1 Å². The summed E-state index contributed by atoms with van der Waals surface area (Å²) in [5, 5.41) is 0. The van der Waals surface area contributed by atoms with Gasteiger partial charge in [-0.05, 0) is 47.7 Å². The van der Waals surface area contributed by atoms with E-state index in [-0.39, 0.29) is 5.92 Å². The Morgan fingerprint density at radius 3 is 1.96 bits per heavy atom. The van der Waals surface area contributed by atoms with Crippen LogP contribution in [0, 0.1) is 5.92 Å². The van der Waals surface area contributed by atoms with Crippen LogP contribution in [0.15, 0.2) is 48.5 Å². The van der Waals surface area contributed by atoms with Crippen molar-refractivity contribution in [1.29, 1.82) is 0 Å². The van der Waals surface area contributed by atoms with Crippen molar-refractivity contribution in [2.24, 2.45) is 5.92 Å². The average Bonchev–Trinajstić information content (AvgIpc) is 2.66. The zero-order chi connectivity index (χ0) is 18.2. The SMILES string of the molecule is CCCOc1ccc(-c2ccc(OC(=O)C(F)C(C)CC)cc2)cc1. The number of carbonyl (C=O) groups excluding carboxylic acids is 1. The highest BCUT2D eigenvalue weighted by Crippen LogP contribution is 2.25. The highest BCUT2D eigenvalue weighted by molar-refractivity contribution is 5.77. The van der Waals surface area contributed by atoms with E-state index < -0.39 is 12.1 Å². The Balaban J connectivity index is 2.01. The number of benzene rings is 2. The Labute approximate surface area is 148 Å². The van der Waals surface area contributed by atoms with Crippen molar-refractivity contribution in [2.45, 2.75) is 39.8 Å². The number of hydrogen-bond donors (Lipinski definition) is 0. The van der Waals surface area contributed by atoms with Crippen LogP contribution in [0.5, 0.6) is 11.5 Å². The number of hydrogen-bond acceptors (Lipinski definition) is 3. The second-order valence-corrected chi connectivity index (χ2v) is 6.11. The quantitative estimate of drug-likeness (QED) is 0.473. The summed E-state index contributed by atoms with van der Waals surface area (Å²) in [6.45, 7) is 6.31. The van der Waals surface area contributed by atoms with Gasteiger partial charge < -0.3 is 9.47 Å². The first kappa shape index (κ1) is 19.0. The fraction of sp³-hybridized carbons (Fsp3) is 0.381. The summed E-state index contributed by atoms with van der Waals surface area (Å²) in [6, 6.07) is 14.9. The van der Waals surface area contributed by atoms with Gasteiger partial charge in [0, 0.05) is 0 Å². The molecule has 2 aromatic rings. The van der Waals surface area contributed by atoms with Gasteiger partial charge in [0.2, 0.25) is 0 Å². The monoisotopic (exact) mass is 344 g/mol. The molecule has 0 radical (unpaired) electrons. The Kier molecular flexibility index (Phi) is 6.99. The van der Waals surface area contributed by atoms with Crippen LogP contribution in [-0.2, 0) is 4.79 Å². The van der Waals surface area contributed by atoms with E-state index in [1.54, 1.807) is 19.1 Å². The van der Waals surface area contributed by atoms with Crippen molar-refractivity contribution in [3.05, 3.63) is 48.5 Å². The van der Waals surface area contributed by atoms with E-state index in [9.17, 15) is 9.18 Å². The minimum absolute atomic E-state index is 0.347. The molecule has 0 bridgehead atoms. The number of rotatable bonds is 8. The van der Waals surface area contributed by atoms with Crippen molar-refractivity contribution in [2.75, 3.05) is 6.61 Å². The molecule has 0 heterocycles. The van der Waals surface area contributed by atoms with Gasteiger partial charge >= 0.3 is 5.97 Å². The van der Waals surface area contributed by atoms with Gasteiger partial charge in [0.1, 0.15) is 11.5 Å². The molecule has 25 heavy (non-hydrogen) atoms. The number of esters is 1. The first-order valence-electron chi connectivity index (χ1n) is 8.74. The molecular weight excluding hydrogens is 319 g/mol. The van der Waals surface area contributed by atoms with Crippen molar-refractivity contribution in [3.8, 4) is 22.6 Å². The molecule has 0 aliphatic rings. The summed E-state index contributed by atoms with van der Waals surface area (Å²) in [5.74, 6) is 0.0116. The van der Waals surface area contributed by atoms with Crippen LogP contribution in [0.3, 0.4) is 0 Å². The first-order valence-corrected chi connectivity index (χ1v) is 8.74. The number of ether oxygens (including phenoxy) is 2. The molecule has 3 nitrogen and oxygen atoms in total. The summed E-state index contributed by atoms with van der Waals surface area (Å²) in [6.07, 6.45) is -0.0355. The summed E-state index contributed by atoms with van der Waals surface area (Å²) in [7, 11) is 0. The predicted molar refractivity (Wildman–Crippen MR) is 97.7 cm³/mol. The fourth-order valence-corrected chi connectivity index (χ4v) is 2.29. The molecule has 2 atom stereocenters. The van der Waals surface area contributed by atoms with Crippen LogP contribution < -0.4 is 9.47 Å². The van der Waals surface area contributed by atoms with Crippen LogP contribution in [-0.4, -0.2) is 18.7 Å². The minimum Gasteiger partial charge on any atom is -0.494 e. The van der Waals surface area contributed by atoms with Gasteiger partial charge in [-0.25, -0.2) is 9.18 Å².